The van der Waals surface area contributed by atoms with Crippen molar-refractivity contribution in [3.05, 3.63) is 35.5 Å². The van der Waals surface area contributed by atoms with Crippen LogP contribution in [0, 0.1) is 6.92 Å². The molecule has 0 fully saturated rings. The molecule has 1 heterocycles. The second-order valence-corrected chi connectivity index (χ2v) is 6.04. The van der Waals surface area contributed by atoms with Crippen LogP contribution in [0.3, 0.4) is 0 Å². The van der Waals surface area contributed by atoms with Crippen molar-refractivity contribution in [2.75, 3.05) is 6.26 Å². The highest BCUT2D eigenvalue weighted by Crippen LogP contribution is 2.20. The van der Waals surface area contributed by atoms with Crippen molar-refractivity contribution in [1.29, 1.82) is 0 Å². The molecule has 1 N–H and O–H groups in total. The normalized spacial score (nSPS) is 12.1. The van der Waals surface area contributed by atoms with Crippen molar-refractivity contribution in [3.8, 4) is 0 Å². The smallest absolute Gasteiger partial charge is 0.153 e. The Morgan fingerprint density at radius 3 is 2.67 bits per heavy atom. The van der Waals surface area contributed by atoms with Gasteiger partial charge in [-0.2, -0.15) is 0 Å². The van der Waals surface area contributed by atoms with Gasteiger partial charge in [0.2, 0.25) is 0 Å². The van der Waals surface area contributed by atoms with Crippen molar-refractivity contribution < 1.29 is 8.42 Å². The van der Waals surface area contributed by atoms with Crippen LogP contribution in [0.5, 0.6) is 0 Å². The second kappa shape index (κ2) is 3.38. The number of H-pyrrole nitrogens is 1. The van der Waals surface area contributed by atoms with Gasteiger partial charge in [0.15, 0.2) is 9.84 Å². The minimum atomic E-state index is -2.97. The summed E-state index contributed by atoms with van der Waals surface area (Å²) < 4.78 is 22.3. The molecule has 0 radical (unpaired) electrons. The molecule has 4 heteroatoms. The number of fused-ring (bicyclic) bond motifs is 1. The molecule has 15 heavy (non-hydrogen) atoms. The summed E-state index contributed by atoms with van der Waals surface area (Å²) in [6.07, 6.45) is 1.24. The van der Waals surface area contributed by atoms with Gasteiger partial charge >= 0.3 is 0 Å². The molecule has 0 aliphatic carbocycles. The topological polar surface area (TPSA) is 49.9 Å². The third-order valence-corrected chi connectivity index (χ3v) is 3.19. The lowest BCUT2D eigenvalue weighted by Gasteiger charge is -1.92. The van der Waals surface area contributed by atoms with E-state index in [0.29, 0.717) is 0 Å². The highest BCUT2D eigenvalue weighted by Gasteiger charge is 2.08. The molecule has 0 atom stereocenters. The van der Waals surface area contributed by atoms with Crippen LogP contribution in [0.2, 0.25) is 0 Å². The third-order valence-electron chi connectivity index (χ3n) is 2.36. The fourth-order valence-electron chi connectivity index (χ4n) is 1.72. The van der Waals surface area contributed by atoms with Crippen LogP contribution in [-0.2, 0) is 15.6 Å². The summed E-state index contributed by atoms with van der Waals surface area (Å²) in [4.78, 5) is 3.11. The molecule has 1 aromatic carbocycles. The molecule has 2 aromatic rings. The molecule has 2 rings (SSSR count). The van der Waals surface area contributed by atoms with E-state index in [9.17, 15) is 8.42 Å². The maximum absolute atomic E-state index is 11.1. The van der Waals surface area contributed by atoms with E-state index in [4.69, 9.17) is 0 Å². The SMILES string of the molecule is Cc1cccc2[nH]c(CS(C)(=O)=O)cc12. The summed E-state index contributed by atoms with van der Waals surface area (Å²) in [5, 5.41) is 1.09. The van der Waals surface area contributed by atoms with Gasteiger partial charge in [-0.3, -0.25) is 0 Å². The van der Waals surface area contributed by atoms with Crippen molar-refractivity contribution in [1.82, 2.24) is 4.98 Å². The lowest BCUT2D eigenvalue weighted by Crippen LogP contribution is -2.00. The van der Waals surface area contributed by atoms with Gasteiger partial charge in [0.25, 0.3) is 0 Å². The number of hydrogen-bond donors (Lipinski definition) is 1. The number of nitrogens with one attached hydrogen (secondary N) is 1. The van der Waals surface area contributed by atoms with Gasteiger partial charge in [-0.05, 0) is 24.6 Å². The maximum atomic E-state index is 11.1. The van der Waals surface area contributed by atoms with Crippen LogP contribution >= 0.6 is 0 Å². The maximum Gasteiger partial charge on any atom is 0.153 e. The van der Waals surface area contributed by atoms with E-state index >= 15 is 0 Å². The number of sulfone groups is 1. The van der Waals surface area contributed by atoms with Crippen LogP contribution in [0.15, 0.2) is 24.3 Å². The standard InChI is InChI=1S/C11H13NO2S/c1-8-4-3-5-11-10(8)6-9(12-11)7-15(2,13)14/h3-6,12H,7H2,1-2H3. The van der Waals surface area contributed by atoms with Crippen molar-refractivity contribution >= 4 is 20.7 Å². The minimum absolute atomic E-state index is 0.0706. The Kier molecular flexibility index (Phi) is 2.31. The number of aromatic nitrogens is 1. The van der Waals surface area contributed by atoms with E-state index in [-0.39, 0.29) is 5.75 Å². The van der Waals surface area contributed by atoms with Crippen LogP contribution in [0.1, 0.15) is 11.3 Å². The Morgan fingerprint density at radius 1 is 1.33 bits per heavy atom. The van der Waals surface area contributed by atoms with E-state index in [2.05, 4.69) is 4.98 Å². The summed E-state index contributed by atoms with van der Waals surface area (Å²) >= 11 is 0. The molecule has 0 aliphatic rings. The van der Waals surface area contributed by atoms with Gasteiger partial charge < -0.3 is 4.98 Å². The minimum Gasteiger partial charge on any atom is -0.358 e. The lowest BCUT2D eigenvalue weighted by molar-refractivity contribution is 0.600. The molecule has 0 saturated carbocycles. The van der Waals surface area contributed by atoms with Crippen LogP contribution in [-0.4, -0.2) is 19.7 Å². The summed E-state index contributed by atoms with van der Waals surface area (Å²) in [5.74, 6) is 0.0706. The molecule has 0 amide bonds. The fourth-order valence-corrected chi connectivity index (χ4v) is 2.45. The Morgan fingerprint density at radius 2 is 2.07 bits per heavy atom. The van der Waals surface area contributed by atoms with E-state index < -0.39 is 9.84 Å². The fraction of sp³-hybridized carbons (Fsp3) is 0.273. The number of aromatic amines is 1. The molecule has 80 valence electrons. The molecule has 0 spiro atoms. The summed E-state index contributed by atoms with van der Waals surface area (Å²) in [7, 11) is -2.97. The molecular formula is C11H13NO2S. The molecule has 0 unspecified atom stereocenters. The average molecular weight is 223 g/mol. The molecule has 0 saturated heterocycles. The van der Waals surface area contributed by atoms with Crippen molar-refractivity contribution in [2.24, 2.45) is 0 Å². The number of benzene rings is 1. The van der Waals surface area contributed by atoms with Crippen LogP contribution < -0.4 is 0 Å². The van der Waals surface area contributed by atoms with Gasteiger partial charge in [-0.1, -0.05) is 12.1 Å². The highest BCUT2D eigenvalue weighted by molar-refractivity contribution is 7.89. The quantitative estimate of drug-likeness (QED) is 0.846. The average Bonchev–Trinajstić information content (AvgIpc) is 2.45. The first-order valence-electron chi connectivity index (χ1n) is 4.71. The Hall–Kier alpha value is -1.29. The molecule has 0 aliphatic heterocycles. The molecule has 0 bridgehead atoms. The zero-order chi connectivity index (χ0) is 11.1. The van der Waals surface area contributed by atoms with E-state index in [0.717, 1.165) is 22.2 Å². The highest BCUT2D eigenvalue weighted by atomic mass is 32.2. The summed E-state index contributed by atoms with van der Waals surface area (Å²) in [5.41, 5.74) is 2.90. The van der Waals surface area contributed by atoms with Gasteiger partial charge in [0, 0.05) is 22.9 Å². The van der Waals surface area contributed by atoms with Gasteiger partial charge in [0.1, 0.15) is 0 Å². The monoisotopic (exact) mass is 223 g/mol. The van der Waals surface area contributed by atoms with Gasteiger partial charge in [0.05, 0.1) is 5.75 Å². The Bertz CT molecular complexity index is 596. The predicted octanol–water partition coefficient (Wildman–Crippen LogP) is 2.02. The largest absolute Gasteiger partial charge is 0.358 e. The predicted molar refractivity (Wildman–Crippen MR) is 61.6 cm³/mol. The van der Waals surface area contributed by atoms with E-state index in [1.165, 1.54) is 6.26 Å². The number of aryl methyl sites for hydroxylation is 1. The molecule has 1 aromatic heterocycles. The summed E-state index contributed by atoms with van der Waals surface area (Å²) in [6, 6.07) is 7.83. The lowest BCUT2D eigenvalue weighted by atomic mass is 10.1. The first-order valence-corrected chi connectivity index (χ1v) is 6.77. The Balaban J connectivity index is 2.53. The van der Waals surface area contributed by atoms with Crippen molar-refractivity contribution in [2.45, 2.75) is 12.7 Å². The molecular weight excluding hydrogens is 210 g/mol. The third kappa shape index (κ3) is 2.21. The van der Waals surface area contributed by atoms with E-state index in [1.807, 2.05) is 31.2 Å². The van der Waals surface area contributed by atoms with Crippen LogP contribution in [0.4, 0.5) is 0 Å². The number of hydrogen-bond acceptors (Lipinski definition) is 2. The zero-order valence-corrected chi connectivity index (χ0v) is 9.56. The van der Waals surface area contributed by atoms with Gasteiger partial charge in [-0.25, -0.2) is 8.42 Å². The zero-order valence-electron chi connectivity index (χ0n) is 8.74. The Labute approximate surface area is 89.0 Å². The van der Waals surface area contributed by atoms with Crippen LogP contribution in [0.25, 0.3) is 10.9 Å². The molecule has 3 nitrogen and oxygen atoms in total. The first-order chi connectivity index (χ1) is 6.96. The van der Waals surface area contributed by atoms with Gasteiger partial charge in [-0.15, -0.1) is 0 Å². The van der Waals surface area contributed by atoms with E-state index in [1.54, 1.807) is 0 Å². The second-order valence-electron chi connectivity index (χ2n) is 3.90. The first kappa shape index (κ1) is 10.2. The number of rotatable bonds is 2. The van der Waals surface area contributed by atoms with Crippen molar-refractivity contribution in [3.63, 3.8) is 0 Å². The summed E-state index contributed by atoms with van der Waals surface area (Å²) in [6.45, 7) is 2.01.